The Morgan fingerprint density at radius 1 is 1.31 bits per heavy atom. The predicted octanol–water partition coefficient (Wildman–Crippen LogP) is 2.50. The van der Waals surface area contributed by atoms with Gasteiger partial charge in [0.05, 0.1) is 21.2 Å². The monoisotopic (exact) mass is 199 g/mol. The van der Waals surface area contributed by atoms with E-state index in [9.17, 15) is 5.11 Å². The molecule has 0 aliphatic rings. The van der Waals surface area contributed by atoms with Crippen molar-refractivity contribution in [2.24, 2.45) is 0 Å². The fourth-order valence-electron chi connectivity index (χ4n) is 1.27. The Hall–Kier alpha value is -0.410. The fourth-order valence-corrected chi connectivity index (χ4v) is 2.36. The van der Waals surface area contributed by atoms with Gasteiger partial charge in [0.15, 0.2) is 0 Å². The van der Waals surface area contributed by atoms with E-state index in [1.54, 1.807) is 11.3 Å². The molecule has 0 spiro atoms. The topological polar surface area (TPSA) is 33.1 Å². The second-order valence-electron chi connectivity index (χ2n) is 3.65. The fraction of sp³-hybridized carbons (Fsp3) is 0.700. The highest BCUT2D eigenvalue weighted by molar-refractivity contribution is 7.11. The highest BCUT2D eigenvalue weighted by Crippen LogP contribution is 2.30. The average molecular weight is 199 g/mol. The first-order valence-electron chi connectivity index (χ1n) is 4.70. The van der Waals surface area contributed by atoms with Gasteiger partial charge in [-0.25, -0.2) is 4.98 Å². The lowest BCUT2D eigenvalue weighted by molar-refractivity contribution is 0.0814. The number of hydrogen-bond acceptors (Lipinski definition) is 3. The summed E-state index contributed by atoms with van der Waals surface area (Å²) in [4.78, 5) is 5.49. The molecular formula is C10H17NOS. The molecule has 1 N–H and O–H groups in total. The van der Waals surface area contributed by atoms with Gasteiger partial charge in [-0.3, -0.25) is 0 Å². The smallest absolute Gasteiger partial charge is 0.0950 e. The standard InChI is InChI=1S/C10H17NOS/c1-5-7-9(10(3,4)12)13-8(6-2)11-7/h12H,5-6H2,1-4H3. The molecule has 0 unspecified atom stereocenters. The zero-order valence-electron chi connectivity index (χ0n) is 8.72. The molecule has 3 heteroatoms. The van der Waals surface area contributed by atoms with E-state index in [1.165, 1.54) is 0 Å². The highest BCUT2D eigenvalue weighted by Gasteiger charge is 2.23. The summed E-state index contributed by atoms with van der Waals surface area (Å²) in [5.41, 5.74) is 0.311. The van der Waals surface area contributed by atoms with Crippen molar-refractivity contribution in [2.45, 2.75) is 46.1 Å². The molecule has 1 rings (SSSR count). The number of rotatable bonds is 3. The van der Waals surface area contributed by atoms with Crippen molar-refractivity contribution < 1.29 is 5.11 Å². The minimum absolute atomic E-state index is 0.740. The lowest BCUT2D eigenvalue weighted by Crippen LogP contribution is -2.15. The van der Waals surface area contributed by atoms with Gasteiger partial charge in [0, 0.05) is 0 Å². The van der Waals surface area contributed by atoms with Crippen LogP contribution in [0.25, 0.3) is 0 Å². The third-order valence-corrected chi connectivity index (χ3v) is 3.49. The number of thiazole rings is 1. The van der Waals surface area contributed by atoms with Crippen molar-refractivity contribution in [3.63, 3.8) is 0 Å². The van der Waals surface area contributed by atoms with E-state index in [0.717, 1.165) is 28.4 Å². The van der Waals surface area contributed by atoms with Crippen molar-refractivity contribution in [1.29, 1.82) is 0 Å². The maximum atomic E-state index is 9.88. The minimum Gasteiger partial charge on any atom is -0.385 e. The molecule has 0 bridgehead atoms. The molecule has 0 aliphatic carbocycles. The summed E-state index contributed by atoms with van der Waals surface area (Å²) < 4.78 is 0. The molecule has 13 heavy (non-hydrogen) atoms. The van der Waals surface area contributed by atoms with Crippen LogP contribution < -0.4 is 0 Å². The van der Waals surface area contributed by atoms with E-state index in [1.807, 2.05) is 13.8 Å². The van der Waals surface area contributed by atoms with E-state index < -0.39 is 5.60 Å². The Morgan fingerprint density at radius 2 is 1.92 bits per heavy atom. The van der Waals surface area contributed by atoms with Crippen LogP contribution in [0.3, 0.4) is 0 Å². The van der Waals surface area contributed by atoms with E-state index in [0.29, 0.717) is 0 Å². The third kappa shape index (κ3) is 2.29. The van der Waals surface area contributed by atoms with Crippen LogP contribution in [-0.2, 0) is 18.4 Å². The second kappa shape index (κ2) is 3.76. The van der Waals surface area contributed by atoms with Gasteiger partial charge >= 0.3 is 0 Å². The number of nitrogens with zero attached hydrogens (tertiary/aromatic N) is 1. The molecule has 0 aliphatic heterocycles. The Labute approximate surface area is 83.6 Å². The Balaban J connectivity index is 3.11. The third-order valence-electron chi connectivity index (χ3n) is 1.93. The van der Waals surface area contributed by atoms with Crippen molar-refractivity contribution >= 4 is 11.3 Å². The molecule has 0 fully saturated rings. The maximum absolute atomic E-state index is 9.88. The molecule has 74 valence electrons. The molecule has 0 atom stereocenters. The lowest BCUT2D eigenvalue weighted by Gasteiger charge is -2.15. The first-order valence-corrected chi connectivity index (χ1v) is 5.52. The van der Waals surface area contributed by atoms with Crippen molar-refractivity contribution in [3.05, 3.63) is 15.6 Å². The van der Waals surface area contributed by atoms with Gasteiger partial charge in [-0.2, -0.15) is 0 Å². The number of aryl methyl sites for hydroxylation is 2. The summed E-state index contributed by atoms with van der Waals surface area (Å²) in [7, 11) is 0. The van der Waals surface area contributed by atoms with Crippen LogP contribution in [0, 0.1) is 0 Å². The summed E-state index contributed by atoms with van der Waals surface area (Å²) in [6, 6.07) is 0. The number of aromatic nitrogens is 1. The van der Waals surface area contributed by atoms with E-state index >= 15 is 0 Å². The van der Waals surface area contributed by atoms with Crippen LogP contribution in [0.2, 0.25) is 0 Å². The Bertz CT molecular complexity index is 286. The zero-order valence-corrected chi connectivity index (χ0v) is 9.53. The quantitative estimate of drug-likeness (QED) is 0.811. The van der Waals surface area contributed by atoms with Gasteiger partial charge in [-0.1, -0.05) is 13.8 Å². The van der Waals surface area contributed by atoms with Gasteiger partial charge in [0.25, 0.3) is 0 Å². The molecular weight excluding hydrogens is 182 g/mol. The van der Waals surface area contributed by atoms with Crippen molar-refractivity contribution in [1.82, 2.24) is 4.98 Å². The van der Waals surface area contributed by atoms with Gasteiger partial charge in [0.1, 0.15) is 0 Å². The number of aliphatic hydroxyl groups is 1. The average Bonchev–Trinajstić information content (AvgIpc) is 2.46. The largest absolute Gasteiger partial charge is 0.385 e. The molecule has 0 radical (unpaired) electrons. The predicted molar refractivity (Wildman–Crippen MR) is 56.1 cm³/mol. The van der Waals surface area contributed by atoms with E-state index in [2.05, 4.69) is 18.8 Å². The molecule has 0 aromatic carbocycles. The molecule has 1 aromatic heterocycles. The molecule has 0 amide bonds. The summed E-state index contributed by atoms with van der Waals surface area (Å²) >= 11 is 1.63. The molecule has 0 saturated heterocycles. The second-order valence-corrected chi connectivity index (χ2v) is 4.73. The first kappa shape index (κ1) is 10.7. The molecule has 0 saturated carbocycles. The van der Waals surface area contributed by atoms with Gasteiger partial charge < -0.3 is 5.11 Å². The van der Waals surface area contributed by atoms with Gasteiger partial charge in [0.2, 0.25) is 0 Å². The lowest BCUT2D eigenvalue weighted by atomic mass is 10.1. The normalized spacial score (nSPS) is 12.1. The SMILES string of the molecule is CCc1nc(CC)c(C(C)(C)O)s1. The van der Waals surface area contributed by atoms with E-state index in [4.69, 9.17) is 0 Å². The van der Waals surface area contributed by atoms with Gasteiger partial charge in [-0.15, -0.1) is 11.3 Å². The molecule has 2 nitrogen and oxygen atoms in total. The van der Waals surface area contributed by atoms with Crippen LogP contribution >= 0.6 is 11.3 Å². The van der Waals surface area contributed by atoms with Gasteiger partial charge in [-0.05, 0) is 26.7 Å². The van der Waals surface area contributed by atoms with Crippen LogP contribution in [0.5, 0.6) is 0 Å². The van der Waals surface area contributed by atoms with Crippen LogP contribution in [-0.4, -0.2) is 10.1 Å². The molecule has 1 aromatic rings. The van der Waals surface area contributed by atoms with E-state index in [-0.39, 0.29) is 0 Å². The summed E-state index contributed by atoms with van der Waals surface area (Å²) in [6.07, 6.45) is 1.85. The first-order chi connectivity index (χ1) is 5.99. The summed E-state index contributed by atoms with van der Waals surface area (Å²) in [5, 5.41) is 11.0. The van der Waals surface area contributed by atoms with Crippen molar-refractivity contribution in [3.8, 4) is 0 Å². The van der Waals surface area contributed by atoms with Crippen LogP contribution in [0.15, 0.2) is 0 Å². The highest BCUT2D eigenvalue weighted by atomic mass is 32.1. The summed E-state index contributed by atoms with van der Waals surface area (Å²) in [6.45, 7) is 7.80. The van der Waals surface area contributed by atoms with Crippen LogP contribution in [0.4, 0.5) is 0 Å². The Kier molecular flexibility index (Phi) is 3.09. The minimum atomic E-state index is -0.740. The van der Waals surface area contributed by atoms with Crippen LogP contribution in [0.1, 0.15) is 43.3 Å². The zero-order chi connectivity index (χ0) is 10.1. The Morgan fingerprint density at radius 3 is 2.23 bits per heavy atom. The molecule has 1 heterocycles. The number of hydrogen-bond donors (Lipinski definition) is 1. The summed E-state index contributed by atoms with van der Waals surface area (Å²) in [5.74, 6) is 0. The maximum Gasteiger partial charge on any atom is 0.0950 e. The van der Waals surface area contributed by atoms with Crippen molar-refractivity contribution in [2.75, 3.05) is 0 Å².